The van der Waals surface area contributed by atoms with Crippen molar-refractivity contribution in [2.75, 3.05) is 0 Å². The second kappa shape index (κ2) is 4.59. The summed E-state index contributed by atoms with van der Waals surface area (Å²) >= 11 is 0. The molecule has 0 unspecified atom stereocenters. The van der Waals surface area contributed by atoms with Crippen molar-refractivity contribution in [3.05, 3.63) is 40.6 Å². The average molecular weight is 301 g/mol. The Hall–Kier alpha value is -3.35. The molecule has 1 heterocycles. The smallest absolute Gasteiger partial charge is 0.186 e. The van der Waals surface area contributed by atoms with Crippen molar-refractivity contribution in [1.82, 2.24) is 0 Å². The maximum atomic E-state index is 11.4. The van der Waals surface area contributed by atoms with Gasteiger partial charge in [-0.3, -0.25) is 4.79 Å². The minimum absolute atomic E-state index is 0.00276. The fourth-order valence-corrected chi connectivity index (χ4v) is 2.12. The van der Waals surface area contributed by atoms with E-state index in [2.05, 4.69) is 0 Å². The average Bonchev–Trinajstić information content (AvgIpc) is 2.44. The Morgan fingerprint density at radius 2 is 1.45 bits per heavy atom. The number of benzene rings is 2. The summed E-state index contributed by atoms with van der Waals surface area (Å²) in [6.45, 7) is 0. The second-order valence-corrected chi connectivity index (χ2v) is 4.66. The predicted molar refractivity (Wildman–Crippen MR) is 73.1 cm³/mol. The van der Waals surface area contributed by atoms with Gasteiger partial charge in [0.25, 0.3) is 0 Å². The highest BCUT2D eigenvalue weighted by Gasteiger charge is 2.18. The van der Waals surface area contributed by atoms with Gasteiger partial charge in [0.15, 0.2) is 16.9 Å². The molecule has 0 bridgehead atoms. The van der Waals surface area contributed by atoms with Crippen LogP contribution in [-0.4, -0.2) is 20.4 Å². The van der Waals surface area contributed by atoms with Crippen LogP contribution < -0.4 is 10.5 Å². The van der Waals surface area contributed by atoms with Gasteiger partial charge in [0.2, 0.25) is 0 Å². The zero-order valence-electron chi connectivity index (χ0n) is 10.9. The molecule has 0 spiro atoms. The largest absolute Gasteiger partial charge is 0.867 e. The van der Waals surface area contributed by atoms with Gasteiger partial charge in [-0.15, -0.1) is 0 Å². The molecule has 0 fully saturated rings. The Labute approximate surface area is 122 Å². The first-order chi connectivity index (χ1) is 10.4. The van der Waals surface area contributed by atoms with E-state index >= 15 is 0 Å². The van der Waals surface area contributed by atoms with Crippen LogP contribution in [0.25, 0.3) is 22.6 Å². The molecule has 22 heavy (non-hydrogen) atoms. The third-order valence-electron chi connectivity index (χ3n) is 3.13. The number of hydrogen-bond acceptors (Lipinski definition) is 7. The van der Waals surface area contributed by atoms with E-state index in [4.69, 9.17) is 4.42 Å². The minimum Gasteiger partial charge on any atom is -0.867 e. The lowest BCUT2D eigenvalue weighted by molar-refractivity contribution is -0.272. The predicted octanol–water partition coefficient (Wildman–Crippen LogP) is 1.31. The fourth-order valence-electron chi connectivity index (χ4n) is 2.12. The van der Waals surface area contributed by atoms with E-state index in [0.717, 1.165) is 24.3 Å². The molecule has 112 valence electrons. The molecule has 1 aliphatic carbocycles. The summed E-state index contributed by atoms with van der Waals surface area (Å²) in [6, 6.07) is 5.27. The third kappa shape index (κ3) is 2.05. The number of hydrogen-bond donors (Lipinski definition) is 4. The van der Waals surface area contributed by atoms with E-state index in [1.54, 1.807) is 0 Å². The number of aromatic hydroxyl groups is 4. The van der Waals surface area contributed by atoms with Crippen LogP contribution in [-0.2, 0) is 0 Å². The van der Waals surface area contributed by atoms with Gasteiger partial charge in [0.05, 0.1) is 5.56 Å². The van der Waals surface area contributed by atoms with Crippen LogP contribution in [0.1, 0.15) is 0 Å². The van der Waals surface area contributed by atoms with Crippen molar-refractivity contribution in [1.29, 1.82) is 0 Å². The molecule has 7 nitrogen and oxygen atoms in total. The first kappa shape index (κ1) is 13.6. The summed E-state index contributed by atoms with van der Waals surface area (Å²) in [5.41, 5.74) is -0.342. The normalized spacial score (nSPS) is 10.9. The summed E-state index contributed by atoms with van der Waals surface area (Å²) in [5.74, 6) is -3.32. The Kier molecular flexibility index (Phi) is 2.84. The molecular formula is C15H9O7-. The molecule has 0 radical (unpaired) electrons. The van der Waals surface area contributed by atoms with Gasteiger partial charge in [-0.05, 0) is 23.9 Å². The molecule has 3 rings (SSSR count). The van der Waals surface area contributed by atoms with E-state index < -0.39 is 28.4 Å². The van der Waals surface area contributed by atoms with Gasteiger partial charge in [-0.1, -0.05) is 0 Å². The molecule has 0 aromatic heterocycles. The Morgan fingerprint density at radius 1 is 0.818 bits per heavy atom. The quantitative estimate of drug-likeness (QED) is 0.532. The van der Waals surface area contributed by atoms with Crippen LogP contribution in [0.5, 0.6) is 28.7 Å². The van der Waals surface area contributed by atoms with E-state index in [9.17, 15) is 30.3 Å². The van der Waals surface area contributed by atoms with Crippen molar-refractivity contribution in [3.63, 3.8) is 0 Å². The topological polar surface area (TPSA) is 134 Å². The molecule has 0 saturated carbocycles. The molecule has 0 atom stereocenters. The molecule has 1 aromatic rings. The fraction of sp³-hybridized carbons (Fsp3) is 0. The highest BCUT2D eigenvalue weighted by atomic mass is 16.4. The molecule has 1 aromatic carbocycles. The Balaban J connectivity index is 2.31. The summed E-state index contributed by atoms with van der Waals surface area (Å²) in [7, 11) is 0. The lowest BCUT2D eigenvalue weighted by Gasteiger charge is -2.15. The van der Waals surface area contributed by atoms with E-state index in [-0.39, 0.29) is 28.4 Å². The number of rotatable bonds is 1. The first-order valence-electron chi connectivity index (χ1n) is 6.10. The van der Waals surface area contributed by atoms with Crippen molar-refractivity contribution in [2.45, 2.75) is 0 Å². The SMILES string of the molecule is O=c1cc2oc(-c3cc(O)c([O-])c(O)c3)c(O)cc-2c(O)c1. The Morgan fingerprint density at radius 3 is 2.09 bits per heavy atom. The van der Waals surface area contributed by atoms with Gasteiger partial charge in [-0.2, -0.15) is 0 Å². The van der Waals surface area contributed by atoms with Gasteiger partial charge < -0.3 is 29.9 Å². The molecular weight excluding hydrogens is 292 g/mol. The maximum absolute atomic E-state index is 11.4. The number of phenolic OH excluding ortho intramolecular Hbond substituents is 3. The number of fused-ring (bicyclic) bond motifs is 1. The van der Waals surface area contributed by atoms with Crippen molar-refractivity contribution in [3.8, 4) is 51.4 Å². The summed E-state index contributed by atoms with van der Waals surface area (Å²) in [4.78, 5) is 11.4. The van der Waals surface area contributed by atoms with Crippen LogP contribution in [0, 0.1) is 0 Å². The summed E-state index contributed by atoms with van der Waals surface area (Å²) < 4.78 is 5.36. The van der Waals surface area contributed by atoms with Crippen LogP contribution in [0.3, 0.4) is 0 Å². The molecule has 1 aliphatic heterocycles. The van der Waals surface area contributed by atoms with Crippen LogP contribution in [0.2, 0.25) is 0 Å². The standard InChI is InChI=1S/C15H10O7/c16-7-3-9(17)8-5-12(20)15(22-13(8)4-7)6-1-10(18)14(21)11(19)2-6/h1-5,17-21H/p-1. The zero-order chi connectivity index (χ0) is 16.0. The summed E-state index contributed by atoms with van der Waals surface area (Å²) in [5, 5.41) is 49.8. The van der Waals surface area contributed by atoms with Gasteiger partial charge >= 0.3 is 0 Å². The van der Waals surface area contributed by atoms with Gasteiger partial charge in [0, 0.05) is 17.7 Å². The summed E-state index contributed by atoms with van der Waals surface area (Å²) in [6.07, 6.45) is 0. The molecule has 7 heteroatoms. The zero-order valence-corrected chi connectivity index (χ0v) is 10.9. The lowest BCUT2D eigenvalue weighted by Crippen LogP contribution is -1.99. The minimum atomic E-state index is -0.955. The van der Waals surface area contributed by atoms with E-state index in [1.165, 1.54) is 6.07 Å². The first-order valence-corrected chi connectivity index (χ1v) is 6.10. The van der Waals surface area contributed by atoms with Gasteiger partial charge in [-0.25, -0.2) is 0 Å². The lowest BCUT2D eigenvalue weighted by atomic mass is 10.1. The second-order valence-electron chi connectivity index (χ2n) is 4.66. The van der Waals surface area contributed by atoms with Crippen LogP contribution >= 0.6 is 0 Å². The third-order valence-corrected chi connectivity index (χ3v) is 3.13. The maximum Gasteiger partial charge on any atom is 0.186 e. The molecule has 0 amide bonds. The van der Waals surface area contributed by atoms with Crippen molar-refractivity contribution >= 4 is 0 Å². The monoisotopic (exact) mass is 301 g/mol. The Bertz CT molecular complexity index is 887. The van der Waals surface area contributed by atoms with Crippen molar-refractivity contribution in [2.24, 2.45) is 0 Å². The van der Waals surface area contributed by atoms with Crippen molar-refractivity contribution < 1.29 is 29.9 Å². The highest BCUT2D eigenvalue weighted by molar-refractivity contribution is 5.76. The van der Waals surface area contributed by atoms with E-state index in [1.807, 2.05) is 0 Å². The van der Waals surface area contributed by atoms with Crippen LogP contribution in [0.15, 0.2) is 39.5 Å². The molecule has 4 N–H and O–H groups in total. The van der Waals surface area contributed by atoms with Crippen LogP contribution in [0.4, 0.5) is 0 Å². The van der Waals surface area contributed by atoms with Gasteiger partial charge in [0.1, 0.15) is 23.0 Å². The number of phenols is 3. The highest BCUT2D eigenvalue weighted by Crippen LogP contribution is 2.43. The molecule has 0 saturated heterocycles. The van der Waals surface area contributed by atoms with E-state index in [0.29, 0.717) is 0 Å². The molecule has 2 aliphatic rings.